The average molecular weight is 308 g/mol. The minimum absolute atomic E-state index is 0.412. The molecule has 2 aromatic rings. The fraction of sp³-hybridized carbons (Fsp3) is 0.350. The number of piperidine rings is 1. The highest BCUT2D eigenvalue weighted by Gasteiger charge is 2.28. The molecule has 1 saturated heterocycles. The standard InChI is InChI=1S/C20H24N2O/c1-23-19-9-7-17(8-10-19)20(16-5-3-2-4-6-16)18-11-13-22(15-21)14-12-18/h2-10,15,18,20-21H,11-14H2,1H3. The summed E-state index contributed by atoms with van der Waals surface area (Å²) < 4.78 is 5.30. The second-order valence-electron chi connectivity index (χ2n) is 6.16. The normalized spacial score (nSPS) is 16.8. The van der Waals surface area contributed by atoms with Crippen molar-refractivity contribution in [1.82, 2.24) is 4.90 Å². The summed E-state index contributed by atoms with van der Waals surface area (Å²) >= 11 is 0. The molecule has 3 heteroatoms. The van der Waals surface area contributed by atoms with Crippen LogP contribution in [0.15, 0.2) is 54.6 Å². The number of likely N-dealkylation sites (tertiary alicyclic amines) is 1. The van der Waals surface area contributed by atoms with Crippen LogP contribution in [0.2, 0.25) is 0 Å². The van der Waals surface area contributed by atoms with Crippen LogP contribution in [-0.4, -0.2) is 31.4 Å². The summed E-state index contributed by atoms with van der Waals surface area (Å²) in [5.41, 5.74) is 2.73. The second-order valence-corrected chi connectivity index (χ2v) is 6.16. The molecule has 0 spiro atoms. The van der Waals surface area contributed by atoms with Crippen LogP contribution in [0, 0.1) is 11.3 Å². The predicted molar refractivity (Wildman–Crippen MR) is 94.4 cm³/mol. The Labute approximate surface area is 138 Å². The molecule has 1 aliphatic heterocycles. The molecule has 0 radical (unpaired) electrons. The molecule has 3 rings (SSSR count). The molecule has 1 atom stereocenters. The van der Waals surface area contributed by atoms with Crippen molar-refractivity contribution < 1.29 is 4.74 Å². The molecule has 120 valence electrons. The minimum Gasteiger partial charge on any atom is -0.497 e. The van der Waals surface area contributed by atoms with E-state index in [1.165, 1.54) is 17.5 Å². The zero-order valence-electron chi connectivity index (χ0n) is 13.6. The third-order valence-corrected chi connectivity index (χ3v) is 4.86. The molecule has 23 heavy (non-hydrogen) atoms. The molecule has 0 bridgehead atoms. The average Bonchev–Trinajstić information content (AvgIpc) is 2.64. The number of benzene rings is 2. The summed E-state index contributed by atoms with van der Waals surface area (Å²) in [7, 11) is 1.71. The lowest BCUT2D eigenvalue weighted by Gasteiger charge is -2.35. The maximum atomic E-state index is 7.43. The van der Waals surface area contributed by atoms with Gasteiger partial charge < -0.3 is 9.64 Å². The summed E-state index contributed by atoms with van der Waals surface area (Å²) in [6.07, 6.45) is 3.73. The van der Waals surface area contributed by atoms with Crippen molar-refractivity contribution in [3.8, 4) is 5.75 Å². The molecule has 1 N–H and O–H groups in total. The second kappa shape index (κ2) is 7.32. The molecule has 1 aliphatic rings. The van der Waals surface area contributed by atoms with Crippen molar-refractivity contribution in [2.45, 2.75) is 18.8 Å². The van der Waals surface area contributed by atoms with Crippen molar-refractivity contribution in [2.24, 2.45) is 5.92 Å². The van der Waals surface area contributed by atoms with Gasteiger partial charge in [-0.15, -0.1) is 0 Å². The van der Waals surface area contributed by atoms with Crippen LogP contribution in [0.4, 0.5) is 0 Å². The van der Waals surface area contributed by atoms with Gasteiger partial charge in [-0.2, -0.15) is 0 Å². The lowest BCUT2D eigenvalue weighted by molar-refractivity contribution is 0.253. The quantitative estimate of drug-likeness (QED) is 0.665. The molecule has 3 nitrogen and oxygen atoms in total. The zero-order valence-corrected chi connectivity index (χ0v) is 13.6. The number of nitrogens with zero attached hydrogens (tertiary/aromatic N) is 1. The zero-order chi connectivity index (χ0) is 16.1. The molecule has 2 aromatic carbocycles. The maximum Gasteiger partial charge on any atom is 0.118 e. The number of hydrogen-bond acceptors (Lipinski definition) is 2. The Balaban J connectivity index is 1.89. The first-order valence-corrected chi connectivity index (χ1v) is 8.25. The Morgan fingerprint density at radius 1 is 1.00 bits per heavy atom. The highest BCUT2D eigenvalue weighted by atomic mass is 16.5. The van der Waals surface area contributed by atoms with Gasteiger partial charge in [-0.25, -0.2) is 0 Å². The molecule has 0 saturated carbocycles. The molecule has 1 fully saturated rings. The van der Waals surface area contributed by atoms with Crippen LogP contribution in [0.5, 0.6) is 5.75 Å². The summed E-state index contributed by atoms with van der Waals surface area (Å²) in [6, 6.07) is 19.3. The van der Waals surface area contributed by atoms with Crippen molar-refractivity contribution >= 4 is 6.34 Å². The van der Waals surface area contributed by atoms with Crippen molar-refractivity contribution in [3.05, 3.63) is 65.7 Å². The van der Waals surface area contributed by atoms with E-state index in [-0.39, 0.29) is 0 Å². The van der Waals surface area contributed by atoms with E-state index in [9.17, 15) is 0 Å². The van der Waals surface area contributed by atoms with E-state index in [0.29, 0.717) is 11.8 Å². The van der Waals surface area contributed by atoms with Crippen molar-refractivity contribution in [1.29, 1.82) is 5.41 Å². The monoisotopic (exact) mass is 308 g/mol. The van der Waals surface area contributed by atoms with E-state index in [1.807, 2.05) is 0 Å². The Kier molecular flexibility index (Phi) is 4.96. The van der Waals surface area contributed by atoms with Crippen LogP contribution >= 0.6 is 0 Å². The highest BCUT2D eigenvalue weighted by molar-refractivity contribution is 5.50. The van der Waals surface area contributed by atoms with E-state index in [0.717, 1.165) is 31.7 Å². The Bertz CT molecular complexity index is 616. The molecule has 1 heterocycles. The number of nitrogens with one attached hydrogen (secondary N) is 1. The van der Waals surface area contributed by atoms with Gasteiger partial charge in [0, 0.05) is 19.0 Å². The number of hydrogen-bond donors (Lipinski definition) is 1. The first kappa shape index (κ1) is 15.6. The molecule has 1 unspecified atom stereocenters. The topological polar surface area (TPSA) is 36.3 Å². The van der Waals surface area contributed by atoms with E-state index in [2.05, 4.69) is 59.5 Å². The third kappa shape index (κ3) is 3.55. The summed E-state index contributed by atoms with van der Waals surface area (Å²) in [5, 5.41) is 7.43. The van der Waals surface area contributed by atoms with Crippen molar-refractivity contribution in [3.63, 3.8) is 0 Å². The van der Waals surface area contributed by atoms with E-state index >= 15 is 0 Å². The summed E-state index contributed by atoms with van der Waals surface area (Å²) in [4.78, 5) is 2.10. The molecule has 0 amide bonds. The fourth-order valence-corrected chi connectivity index (χ4v) is 3.59. The van der Waals surface area contributed by atoms with Gasteiger partial charge >= 0.3 is 0 Å². The number of ether oxygens (including phenoxy) is 1. The van der Waals surface area contributed by atoms with Gasteiger partial charge in [0.1, 0.15) is 5.75 Å². The lowest BCUT2D eigenvalue weighted by atomic mass is 9.76. The van der Waals surface area contributed by atoms with E-state index < -0.39 is 0 Å². The van der Waals surface area contributed by atoms with Gasteiger partial charge in [0.15, 0.2) is 0 Å². The number of methoxy groups -OCH3 is 1. The SMILES string of the molecule is COc1ccc(C(c2ccccc2)C2CCN(C=N)CC2)cc1. The van der Waals surface area contributed by atoms with Crippen LogP contribution in [0.1, 0.15) is 29.9 Å². The van der Waals surface area contributed by atoms with Crippen LogP contribution in [0.3, 0.4) is 0 Å². The molecule has 0 aliphatic carbocycles. The first-order valence-electron chi connectivity index (χ1n) is 8.25. The lowest BCUT2D eigenvalue weighted by Crippen LogP contribution is -2.34. The van der Waals surface area contributed by atoms with Gasteiger partial charge in [0.2, 0.25) is 0 Å². The van der Waals surface area contributed by atoms with E-state index in [4.69, 9.17) is 10.1 Å². The van der Waals surface area contributed by atoms with Crippen LogP contribution < -0.4 is 4.74 Å². The minimum atomic E-state index is 0.412. The Morgan fingerprint density at radius 3 is 2.17 bits per heavy atom. The fourth-order valence-electron chi connectivity index (χ4n) is 3.59. The smallest absolute Gasteiger partial charge is 0.118 e. The molecular weight excluding hydrogens is 284 g/mol. The highest BCUT2D eigenvalue weighted by Crippen LogP contribution is 2.38. The van der Waals surface area contributed by atoms with Crippen LogP contribution in [-0.2, 0) is 0 Å². The van der Waals surface area contributed by atoms with Gasteiger partial charge in [0.25, 0.3) is 0 Å². The van der Waals surface area contributed by atoms with Crippen LogP contribution in [0.25, 0.3) is 0 Å². The largest absolute Gasteiger partial charge is 0.497 e. The first-order chi connectivity index (χ1) is 11.3. The Hall–Kier alpha value is -2.29. The predicted octanol–water partition coefficient (Wildman–Crippen LogP) is 4.15. The maximum absolute atomic E-state index is 7.43. The number of rotatable bonds is 5. The van der Waals surface area contributed by atoms with Gasteiger partial charge in [-0.1, -0.05) is 42.5 Å². The molecular formula is C20H24N2O. The van der Waals surface area contributed by atoms with E-state index in [1.54, 1.807) is 7.11 Å². The molecule has 0 aromatic heterocycles. The summed E-state index contributed by atoms with van der Waals surface area (Å²) in [5.74, 6) is 1.93. The van der Waals surface area contributed by atoms with Crippen molar-refractivity contribution in [2.75, 3.05) is 20.2 Å². The van der Waals surface area contributed by atoms with Gasteiger partial charge in [-0.3, -0.25) is 5.41 Å². The third-order valence-electron chi connectivity index (χ3n) is 4.86. The van der Waals surface area contributed by atoms with Gasteiger partial charge in [-0.05, 0) is 42.0 Å². The Morgan fingerprint density at radius 2 is 1.61 bits per heavy atom. The van der Waals surface area contributed by atoms with Gasteiger partial charge in [0.05, 0.1) is 13.4 Å². The summed E-state index contributed by atoms with van der Waals surface area (Å²) in [6.45, 7) is 1.96.